The molecular formula is C18H26N4O5S. The predicted octanol–water partition coefficient (Wildman–Crippen LogP) is 0.130. The summed E-state index contributed by atoms with van der Waals surface area (Å²) in [5, 5.41) is 2.55. The fourth-order valence-electron chi connectivity index (χ4n) is 2.90. The summed E-state index contributed by atoms with van der Waals surface area (Å²) >= 11 is 0. The zero-order valence-electron chi connectivity index (χ0n) is 16.1. The molecule has 1 unspecified atom stereocenters. The van der Waals surface area contributed by atoms with E-state index in [2.05, 4.69) is 10.3 Å². The summed E-state index contributed by atoms with van der Waals surface area (Å²) in [7, 11) is -3.89. The van der Waals surface area contributed by atoms with Crippen LogP contribution in [0, 0.1) is 12.8 Å². The molecule has 0 bridgehead atoms. The number of hydrogen-bond donors (Lipinski definition) is 2. The first-order chi connectivity index (χ1) is 13.1. The fraction of sp³-hybridized carbons (Fsp3) is 0.556. The van der Waals surface area contributed by atoms with E-state index in [1.54, 1.807) is 26.0 Å². The highest BCUT2D eigenvalue weighted by Crippen LogP contribution is 2.18. The maximum Gasteiger partial charge on any atom is 0.260 e. The Hall–Kier alpha value is -2.33. The average molecular weight is 410 g/mol. The summed E-state index contributed by atoms with van der Waals surface area (Å²) in [5.41, 5.74) is 5.74. The van der Waals surface area contributed by atoms with Crippen LogP contribution in [0.3, 0.4) is 0 Å². The van der Waals surface area contributed by atoms with Crippen LogP contribution in [0.2, 0.25) is 0 Å². The Morgan fingerprint density at radius 1 is 1.39 bits per heavy atom. The number of aromatic nitrogens is 1. The van der Waals surface area contributed by atoms with E-state index < -0.39 is 27.9 Å². The highest BCUT2D eigenvalue weighted by Gasteiger charge is 2.33. The third kappa shape index (κ3) is 5.59. The number of Topliss-reactive ketones (excluding diaryl/α,β-unsaturated/α-hetero) is 1. The van der Waals surface area contributed by atoms with Crippen molar-refractivity contribution in [2.24, 2.45) is 11.7 Å². The lowest BCUT2D eigenvalue weighted by atomic mass is 10.0. The van der Waals surface area contributed by atoms with Crippen molar-refractivity contribution in [3.8, 4) is 0 Å². The topological polar surface area (TPSA) is 140 Å². The zero-order valence-corrected chi connectivity index (χ0v) is 16.9. The Kier molecular flexibility index (Phi) is 7.25. The number of aryl methyl sites for hydroxylation is 1. The van der Waals surface area contributed by atoms with Crippen molar-refractivity contribution < 1.29 is 22.8 Å². The number of carbonyl (C=O) groups excluding carboxylic acids is 3. The van der Waals surface area contributed by atoms with Crippen LogP contribution >= 0.6 is 0 Å². The molecule has 154 valence electrons. The second-order valence-electron chi connectivity index (χ2n) is 7.03. The number of nitrogens with two attached hydrogens (primary N) is 1. The Bertz CT molecular complexity index is 855. The number of ketones is 1. The van der Waals surface area contributed by atoms with Gasteiger partial charge >= 0.3 is 0 Å². The maximum absolute atomic E-state index is 12.8. The summed E-state index contributed by atoms with van der Waals surface area (Å²) in [4.78, 5) is 39.7. The van der Waals surface area contributed by atoms with E-state index in [1.807, 2.05) is 0 Å². The van der Waals surface area contributed by atoms with Crippen molar-refractivity contribution in [1.29, 1.82) is 0 Å². The molecule has 9 nitrogen and oxygen atoms in total. The van der Waals surface area contributed by atoms with Gasteiger partial charge in [-0.15, -0.1) is 0 Å². The minimum Gasteiger partial charge on any atom is -0.369 e. The normalized spacial score (nSPS) is 19.6. The number of sulfonamides is 1. The van der Waals surface area contributed by atoms with Crippen molar-refractivity contribution >= 4 is 27.6 Å². The number of pyridine rings is 1. The van der Waals surface area contributed by atoms with Crippen molar-refractivity contribution in [2.75, 3.05) is 13.1 Å². The van der Waals surface area contributed by atoms with Crippen LogP contribution < -0.4 is 11.1 Å². The van der Waals surface area contributed by atoms with E-state index in [4.69, 9.17) is 5.73 Å². The summed E-state index contributed by atoms with van der Waals surface area (Å²) in [6, 6.07) is 3.95. The first-order valence-corrected chi connectivity index (χ1v) is 10.6. The number of carbonyl (C=O) groups is 3. The molecule has 1 aliphatic heterocycles. The first kappa shape index (κ1) is 22.0. The molecule has 0 spiro atoms. The summed E-state index contributed by atoms with van der Waals surface area (Å²) < 4.78 is 26.7. The van der Waals surface area contributed by atoms with Crippen LogP contribution in [0.4, 0.5) is 0 Å². The number of nitrogens with one attached hydrogen (secondary N) is 1. The summed E-state index contributed by atoms with van der Waals surface area (Å²) in [5.74, 6) is -1.64. The molecule has 2 rings (SSSR count). The zero-order chi connectivity index (χ0) is 20.9. The van der Waals surface area contributed by atoms with Gasteiger partial charge in [-0.1, -0.05) is 13.0 Å². The largest absolute Gasteiger partial charge is 0.369 e. The lowest BCUT2D eigenvalue weighted by molar-refractivity contribution is -0.128. The first-order valence-electron chi connectivity index (χ1n) is 9.16. The molecule has 28 heavy (non-hydrogen) atoms. The lowest BCUT2D eigenvalue weighted by Gasteiger charge is -2.19. The van der Waals surface area contributed by atoms with Crippen molar-refractivity contribution in [3.63, 3.8) is 0 Å². The molecule has 0 radical (unpaired) electrons. The van der Waals surface area contributed by atoms with Gasteiger partial charge in [-0.05, 0) is 38.3 Å². The highest BCUT2D eigenvalue weighted by atomic mass is 32.2. The number of rotatable bonds is 7. The highest BCUT2D eigenvalue weighted by molar-refractivity contribution is 7.89. The summed E-state index contributed by atoms with van der Waals surface area (Å²) in [6.07, 6.45) is 1.15. The van der Waals surface area contributed by atoms with Crippen LogP contribution in [-0.4, -0.2) is 54.4 Å². The molecule has 3 N–H and O–H groups in total. The predicted molar refractivity (Wildman–Crippen MR) is 101 cm³/mol. The molecule has 1 aromatic rings. The minimum atomic E-state index is -3.89. The minimum absolute atomic E-state index is 0.0725. The molecule has 1 saturated heterocycles. The molecule has 2 amide bonds. The van der Waals surface area contributed by atoms with E-state index in [0.29, 0.717) is 25.0 Å². The Labute approximate surface area is 164 Å². The van der Waals surface area contributed by atoms with Crippen LogP contribution in [0.1, 0.15) is 38.3 Å². The van der Waals surface area contributed by atoms with Crippen LogP contribution in [0.5, 0.6) is 0 Å². The van der Waals surface area contributed by atoms with Gasteiger partial charge in [0, 0.05) is 24.6 Å². The van der Waals surface area contributed by atoms with Crippen LogP contribution in [0.15, 0.2) is 23.2 Å². The van der Waals surface area contributed by atoms with Crippen LogP contribution in [-0.2, 0) is 24.4 Å². The molecule has 0 aromatic carbocycles. The molecule has 2 atom stereocenters. The lowest BCUT2D eigenvalue weighted by Crippen LogP contribution is -2.44. The van der Waals surface area contributed by atoms with Gasteiger partial charge in [0.05, 0.1) is 12.6 Å². The number of primary amides is 1. The molecule has 1 aromatic heterocycles. The maximum atomic E-state index is 12.8. The van der Waals surface area contributed by atoms with E-state index in [1.165, 1.54) is 6.07 Å². The Morgan fingerprint density at radius 2 is 2.11 bits per heavy atom. The molecule has 2 heterocycles. The average Bonchev–Trinajstić information content (AvgIpc) is 2.81. The third-order valence-corrected chi connectivity index (χ3v) is 6.46. The van der Waals surface area contributed by atoms with Gasteiger partial charge in [-0.2, -0.15) is 4.31 Å². The third-order valence-electron chi connectivity index (χ3n) is 4.71. The van der Waals surface area contributed by atoms with Crippen LogP contribution in [0.25, 0.3) is 0 Å². The second-order valence-corrected chi connectivity index (χ2v) is 8.91. The Balaban J connectivity index is 2.01. The molecule has 1 aliphatic rings. The number of hydrogen-bond acceptors (Lipinski definition) is 6. The van der Waals surface area contributed by atoms with Gasteiger partial charge in [-0.3, -0.25) is 14.4 Å². The van der Waals surface area contributed by atoms with E-state index >= 15 is 0 Å². The Morgan fingerprint density at radius 3 is 2.75 bits per heavy atom. The van der Waals surface area contributed by atoms with Crippen molar-refractivity contribution in [1.82, 2.24) is 14.6 Å². The fourth-order valence-corrected chi connectivity index (χ4v) is 4.35. The van der Waals surface area contributed by atoms with Gasteiger partial charge in [0.15, 0.2) is 10.8 Å². The van der Waals surface area contributed by atoms with Gasteiger partial charge in [0.1, 0.15) is 0 Å². The van der Waals surface area contributed by atoms with Gasteiger partial charge in [0.2, 0.25) is 11.8 Å². The molecule has 1 fully saturated rings. The van der Waals surface area contributed by atoms with Gasteiger partial charge in [0.25, 0.3) is 10.0 Å². The van der Waals surface area contributed by atoms with Crippen molar-refractivity contribution in [2.45, 2.75) is 50.6 Å². The van der Waals surface area contributed by atoms with Crippen molar-refractivity contribution in [3.05, 3.63) is 23.9 Å². The molecule has 10 heteroatoms. The van der Waals surface area contributed by atoms with Gasteiger partial charge in [-0.25, -0.2) is 13.4 Å². The number of nitrogens with zero attached hydrogens (tertiary/aromatic N) is 2. The molecule has 0 aliphatic carbocycles. The van der Waals surface area contributed by atoms with E-state index in [0.717, 1.165) is 4.31 Å². The van der Waals surface area contributed by atoms with E-state index in [-0.39, 0.29) is 36.2 Å². The summed E-state index contributed by atoms with van der Waals surface area (Å²) in [6.45, 7) is 3.18. The molecule has 0 saturated carbocycles. The monoisotopic (exact) mass is 410 g/mol. The SMILES string of the molecule is Cc1cccc(S(=O)(=O)N2CCC[C@H](NC(=O)CCC(C)C(N)=O)C(=O)C2)n1. The second kappa shape index (κ2) is 9.24. The molecular weight excluding hydrogens is 384 g/mol. The van der Waals surface area contributed by atoms with Gasteiger partial charge < -0.3 is 11.1 Å². The van der Waals surface area contributed by atoms with E-state index in [9.17, 15) is 22.8 Å². The number of amides is 2. The quantitative estimate of drug-likeness (QED) is 0.655. The standard InChI is InChI=1S/C18H26N4O5S/c1-12(18(19)25)8-9-16(24)21-14-6-4-10-22(11-15(14)23)28(26,27)17-7-3-5-13(2)20-17/h3,5,7,12,14H,4,6,8-11H2,1-2H3,(H2,19,25)(H,21,24)/t12?,14-/m0/s1. The smallest absolute Gasteiger partial charge is 0.260 e.